The molecular weight excluding hydrogens is 374 g/mol. The van der Waals surface area contributed by atoms with Gasteiger partial charge in [-0.3, -0.25) is 4.79 Å². The van der Waals surface area contributed by atoms with Crippen molar-refractivity contribution in [1.29, 1.82) is 0 Å². The highest BCUT2D eigenvalue weighted by Crippen LogP contribution is 2.33. The fourth-order valence-corrected chi connectivity index (χ4v) is 4.04. The number of carbonyl (C=O) groups excluding carboxylic acids is 1. The van der Waals surface area contributed by atoms with Crippen molar-refractivity contribution < 1.29 is 13.6 Å². The number of nitrogens with two attached hydrogens (primary N) is 2. The molecule has 2 atom stereocenters. The molecule has 0 radical (unpaired) electrons. The first-order valence-electron chi connectivity index (χ1n) is 8.48. The van der Waals surface area contributed by atoms with Crippen LogP contribution in [0.4, 0.5) is 14.5 Å². The molecule has 27 heavy (non-hydrogen) atoms. The van der Waals surface area contributed by atoms with Gasteiger partial charge in [0, 0.05) is 35.3 Å². The van der Waals surface area contributed by atoms with E-state index in [9.17, 15) is 13.6 Å². The van der Waals surface area contributed by atoms with Crippen LogP contribution in [0.3, 0.4) is 0 Å². The standard InChI is InChI=1S/C17H18F2N6OS/c18-17(19)4-1-2-11(21)14(17)24-15(26)16-23-12(8-27-16)10-7-22-25-5-3-9(20)6-13(10)25/h3,5-8,11,14H,1-2,4,20-21H2,(H,24,26). The zero-order chi connectivity index (χ0) is 19.2. The number of anilines is 1. The van der Waals surface area contributed by atoms with Crippen LogP contribution in [0, 0.1) is 0 Å². The minimum atomic E-state index is -3.02. The monoisotopic (exact) mass is 392 g/mol. The Bertz CT molecular complexity index is 1000. The van der Waals surface area contributed by atoms with E-state index in [0.717, 1.165) is 16.9 Å². The number of hydrogen-bond donors (Lipinski definition) is 3. The predicted octanol–water partition coefficient (Wildman–Crippen LogP) is 2.28. The lowest BCUT2D eigenvalue weighted by atomic mass is 9.87. The molecule has 1 amide bonds. The first kappa shape index (κ1) is 17.8. The number of carbonyl (C=O) groups is 1. The molecule has 0 aromatic carbocycles. The number of alkyl halides is 2. The molecule has 0 spiro atoms. The summed E-state index contributed by atoms with van der Waals surface area (Å²) in [4.78, 5) is 16.8. The molecule has 1 saturated carbocycles. The van der Waals surface area contributed by atoms with E-state index < -0.39 is 23.9 Å². The van der Waals surface area contributed by atoms with Gasteiger partial charge in [-0.2, -0.15) is 5.10 Å². The van der Waals surface area contributed by atoms with Crippen LogP contribution in [0.1, 0.15) is 29.1 Å². The lowest BCUT2D eigenvalue weighted by Crippen LogP contribution is -2.59. The summed E-state index contributed by atoms with van der Waals surface area (Å²) in [6.07, 6.45) is 3.86. The van der Waals surface area contributed by atoms with Gasteiger partial charge in [0.15, 0.2) is 5.01 Å². The van der Waals surface area contributed by atoms with Crippen LogP contribution < -0.4 is 16.8 Å². The molecule has 4 rings (SSSR count). The minimum Gasteiger partial charge on any atom is -0.399 e. The minimum absolute atomic E-state index is 0.0989. The molecular formula is C17H18F2N6OS. The molecule has 3 heterocycles. The molecule has 0 bridgehead atoms. The van der Waals surface area contributed by atoms with Crippen LogP contribution in [0.5, 0.6) is 0 Å². The van der Waals surface area contributed by atoms with E-state index in [-0.39, 0.29) is 11.4 Å². The van der Waals surface area contributed by atoms with Crippen molar-refractivity contribution in [1.82, 2.24) is 19.9 Å². The van der Waals surface area contributed by atoms with Gasteiger partial charge >= 0.3 is 0 Å². The average Bonchev–Trinajstić information content (AvgIpc) is 3.24. The fraction of sp³-hybridized carbons (Fsp3) is 0.353. The quantitative estimate of drug-likeness (QED) is 0.633. The normalized spacial score (nSPS) is 22.0. The second-order valence-electron chi connectivity index (χ2n) is 6.65. The van der Waals surface area contributed by atoms with Gasteiger partial charge in [-0.15, -0.1) is 11.3 Å². The Balaban J connectivity index is 1.58. The van der Waals surface area contributed by atoms with Gasteiger partial charge in [0.2, 0.25) is 0 Å². The summed E-state index contributed by atoms with van der Waals surface area (Å²) in [6.45, 7) is 0. The lowest BCUT2D eigenvalue weighted by Gasteiger charge is -2.36. The van der Waals surface area contributed by atoms with Crippen LogP contribution in [0.15, 0.2) is 29.9 Å². The number of nitrogens with zero attached hydrogens (tertiary/aromatic N) is 3. The number of hydrogen-bond acceptors (Lipinski definition) is 6. The van der Waals surface area contributed by atoms with Crippen molar-refractivity contribution in [2.24, 2.45) is 5.73 Å². The summed E-state index contributed by atoms with van der Waals surface area (Å²) in [5, 5.41) is 8.38. The average molecular weight is 392 g/mol. The summed E-state index contributed by atoms with van der Waals surface area (Å²) in [5.41, 5.74) is 14.2. The molecule has 3 aromatic rings. The molecule has 10 heteroatoms. The Morgan fingerprint density at radius 1 is 1.44 bits per heavy atom. The van der Waals surface area contributed by atoms with Crippen molar-refractivity contribution in [3.8, 4) is 11.3 Å². The molecule has 1 aliphatic carbocycles. The van der Waals surface area contributed by atoms with Gasteiger partial charge < -0.3 is 16.8 Å². The first-order chi connectivity index (χ1) is 12.8. The maximum absolute atomic E-state index is 14.1. The van der Waals surface area contributed by atoms with Gasteiger partial charge in [-0.25, -0.2) is 18.3 Å². The Morgan fingerprint density at radius 3 is 3.04 bits per heavy atom. The number of thiazole rings is 1. The van der Waals surface area contributed by atoms with Gasteiger partial charge in [0.1, 0.15) is 6.04 Å². The largest absolute Gasteiger partial charge is 0.399 e. The summed E-state index contributed by atoms with van der Waals surface area (Å²) >= 11 is 1.08. The van der Waals surface area contributed by atoms with Crippen molar-refractivity contribution in [3.63, 3.8) is 0 Å². The predicted molar refractivity (Wildman–Crippen MR) is 98.7 cm³/mol. The number of nitrogens with one attached hydrogen (secondary N) is 1. The third-order valence-corrected chi connectivity index (χ3v) is 5.58. The zero-order valence-electron chi connectivity index (χ0n) is 14.2. The maximum Gasteiger partial charge on any atom is 0.280 e. The molecule has 2 unspecified atom stereocenters. The molecule has 0 aliphatic heterocycles. The van der Waals surface area contributed by atoms with Gasteiger partial charge in [0.25, 0.3) is 11.8 Å². The third-order valence-electron chi connectivity index (χ3n) is 4.74. The summed E-state index contributed by atoms with van der Waals surface area (Å²) < 4.78 is 29.8. The van der Waals surface area contributed by atoms with Crippen LogP contribution in [-0.4, -0.2) is 38.5 Å². The highest BCUT2D eigenvalue weighted by molar-refractivity contribution is 7.12. The van der Waals surface area contributed by atoms with E-state index in [1.807, 2.05) is 0 Å². The van der Waals surface area contributed by atoms with Crippen LogP contribution >= 0.6 is 11.3 Å². The number of nitrogen functional groups attached to an aromatic ring is 1. The van der Waals surface area contributed by atoms with E-state index >= 15 is 0 Å². The summed E-state index contributed by atoms with van der Waals surface area (Å²) in [7, 11) is 0. The van der Waals surface area contributed by atoms with Crippen LogP contribution in [0.2, 0.25) is 0 Å². The molecule has 5 N–H and O–H groups in total. The molecule has 3 aromatic heterocycles. The number of halogens is 2. The number of amides is 1. The molecule has 7 nitrogen and oxygen atoms in total. The van der Waals surface area contributed by atoms with E-state index in [0.29, 0.717) is 29.8 Å². The van der Waals surface area contributed by atoms with Crippen molar-refractivity contribution in [3.05, 3.63) is 34.9 Å². The summed E-state index contributed by atoms with van der Waals surface area (Å²) in [5.74, 6) is -3.67. The zero-order valence-corrected chi connectivity index (χ0v) is 15.0. The number of aromatic nitrogens is 3. The van der Waals surface area contributed by atoms with E-state index in [2.05, 4.69) is 15.4 Å². The second-order valence-corrected chi connectivity index (χ2v) is 7.51. The molecule has 1 fully saturated rings. The smallest absolute Gasteiger partial charge is 0.280 e. The maximum atomic E-state index is 14.1. The second kappa shape index (κ2) is 6.54. The van der Waals surface area contributed by atoms with Gasteiger partial charge in [-0.1, -0.05) is 0 Å². The van der Waals surface area contributed by atoms with Crippen molar-refractivity contribution in [2.45, 2.75) is 37.3 Å². The van der Waals surface area contributed by atoms with Crippen molar-refractivity contribution in [2.75, 3.05) is 5.73 Å². The fourth-order valence-electron chi connectivity index (χ4n) is 3.32. The van der Waals surface area contributed by atoms with Crippen LogP contribution in [-0.2, 0) is 0 Å². The Hall–Kier alpha value is -2.59. The van der Waals surface area contributed by atoms with Crippen molar-refractivity contribution >= 4 is 28.4 Å². The number of rotatable bonds is 3. The Kier molecular flexibility index (Phi) is 4.31. The van der Waals surface area contributed by atoms with E-state index in [1.165, 1.54) is 0 Å². The van der Waals surface area contributed by atoms with E-state index in [1.54, 1.807) is 34.4 Å². The number of fused-ring (bicyclic) bond motifs is 1. The van der Waals surface area contributed by atoms with Crippen LogP contribution in [0.25, 0.3) is 16.8 Å². The Labute approximate surface area is 157 Å². The number of pyridine rings is 1. The first-order valence-corrected chi connectivity index (χ1v) is 9.36. The topological polar surface area (TPSA) is 111 Å². The van der Waals surface area contributed by atoms with Gasteiger partial charge in [-0.05, 0) is 25.0 Å². The Morgan fingerprint density at radius 2 is 2.26 bits per heavy atom. The van der Waals surface area contributed by atoms with Gasteiger partial charge in [0.05, 0.1) is 17.4 Å². The molecule has 142 valence electrons. The highest BCUT2D eigenvalue weighted by Gasteiger charge is 2.46. The van der Waals surface area contributed by atoms with E-state index in [4.69, 9.17) is 11.5 Å². The molecule has 0 saturated heterocycles. The molecule has 1 aliphatic rings. The highest BCUT2D eigenvalue weighted by atomic mass is 32.1. The SMILES string of the molecule is Nc1ccn2ncc(-c3csc(C(=O)NC4C(N)CCCC4(F)F)n3)c2c1. The summed E-state index contributed by atoms with van der Waals surface area (Å²) in [6, 6.07) is 1.31. The third kappa shape index (κ3) is 3.26. The lowest BCUT2D eigenvalue weighted by molar-refractivity contribution is -0.0674.